The normalized spacial score (nSPS) is 17.7. The van der Waals surface area contributed by atoms with Gasteiger partial charge in [-0.2, -0.15) is 0 Å². The number of ether oxygens (including phenoxy) is 2. The monoisotopic (exact) mass is 418 g/mol. The Hall–Kier alpha value is -2.02. The second kappa shape index (κ2) is 8.99. The number of nitrogens with zero attached hydrogens (tertiary/aromatic N) is 2. The summed E-state index contributed by atoms with van der Waals surface area (Å²) in [4.78, 5) is 18.1. The molecule has 0 N–H and O–H groups in total. The molecular formula is C21H23ClN2O3S. The molecule has 1 aromatic carbocycles. The standard InChI is InChI=1S/C21H23ClN2O3S/c22-20-6-4-17(28-20)15-23-8-10-24(11-9-23)21(25)7-3-16-2-5-18-19(14-16)27-13-1-12-26-18/h2-7,14H,1,8-13,15H2/b7-3+. The van der Waals surface area contributed by atoms with E-state index in [1.807, 2.05) is 35.2 Å². The summed E-state index contributed by atoms with van der Waals surface area (Å²) in [5.41, 5.74) is 0.936. The van der Waals surface area contributed by atoms with Crippen molar-refractivity contribution in [3.05, 3.63) is 51.2 Å². The average molecular weight is 419 g/mol. The molecule has 2 aliphatic heterocycles. The first-order valence-corrected chi connectivity index (χ1v) is 10.7. The predicted molar refractivity (Wildman–Crippen MR) is 112 cm³/mol. The molecule has 0 unspecified atom stereocenters. The Morgan fingerprint density at radius 1 is 1.07 bits per heavy atom. The molecule has 28 heavy (non-hydrogen) atoms. The van der Waals surface area contributed by atoms with Gasteiger partial charge in [0.2, 0.25) is 5.91 Å². The van der Waals surface area contributed by atoms with E-state index in [0.717, 1.165) is 60.5 Å². The van der Waals surface area contributed by atoms with Crippen LogP contribution in [-0.2, 0) is 11.3 Å². The molecule has 4 rings (SSSR count). The Balaban J connectivity index is 1.30. The molecule has 3 heterocycles. The molecule has 0 bridgehead atoms. The highest BCUT2D eigenvalue weighted by molar-refractivity contribution is 7.16. The van der Waals surface area contributed by atoms with E-state index < -0.39 is 0 Å². The molecular weight excluding hydrogens is 396 g/mol. The second-order valence-corrected chi connectivity index (χ2v) is 8.70. The van der Waals surface area contributed by atoms with Gasteiger partial charge in [0, 0.05) is 50.1 Å². The van der Waals surface area contributed by atoms with Crippen molar-refractivity contribution in [2.45, 2.75) is 13.0 Å². The van der Waals surface area contributed by atoms with Crippen molar-refractivity contribution in [3.8, 4) is 11.5 Å². The summed E-state index contributed by atoms with van der Waals surface area (Å²) in [7, 11) is 0. The van der Waals surface area contributed by atoms with Crippen molar-refractivity contribution in [3.63, 3.8) is 0 Å². The van der Waals surface area contributed by atoms with Gasteiger partial charge in [0.25, 0.3) is 0 Å². The summed E-state index contributed by atoms with van der Waals surface area (Å²) in [6.07, 6.45) is 4.37. The Labute approximate surface area is 174 Å². The number of rotatable bonds is 4. The molecule has 2 aromatic rings. The lowest BCUT2D eigenvalue weighted by atomic mass is 10.2. The van der Waals surface area contributed by atoms with Gasteiger partial charge in [0.1, 0.15) is 0 Å². The number of benzene rings is 1. The van der Waals surface area contributed by atoms with Gasteiger partial charge in [-0.05, 0) is 35.9 Å². The number of halogens is 1. The third kappa shape index (κ3) is 4.87. The molecule has 7 heteroatoms. The van der Waals surface area contributed by atoms with Crippen LogP contribution in [0.4, 0.5) is 0 Å². The van der Waals surface area contributed by atoms with Crippen molar-refractivity contribution in [2.24, 2.45) is 0 Å². The molecule has 0 saturated carbocycles. The Morgan fingerprint density at radius 3 is 2.61 bits per heavy atom. The zero-order chi connectivity index (χ0) is 19.3. The van der Waals surface area contributed by atoms with E-state index >= 15 is 0 Å². The van der Waals surface area contributed by atoms with Gasteiger partial charge in [-0.3, -0.25) is 9.69 Å². The van der Waals surface area contributed by atoms with E-state index in [0.29, 0.717) is 13.2 Å². The lowest BCUT2D eigenvalue weighted by Gasteiger charge is -2.33. The van der Waals surface area contributed by atoms with Gasteiger partial charge in [-0.15, -0.1) is 11.3 Å². The first-order valence-electron chi connectivity index (χ1n) is 9.50. The molecule has 1 aromatic heterocycles. The maximum absolute atomic E-state index is 12.5. The molecule has 0 radical (unpaired) electrons. The van der Waals surface area contributed by atoms with Crippen LogP contribution in [0.5, 0.6) is 11.5 Å². The molecule has 0 spiro atoms. The number of hydrogen-bond donors (Lipinski definition) is 0. The SMILES string of the molecule is O=C(/C=C/c1ccc2c(c1)OCCCO2)N1CCN(Cc2ccc(Cl)s2)CC1. The van der Waals surface area contributed by atoms with E-state index in [1.54, 1.807) is 17.4 Å². The van der Waals surface area contributed by atoms with Crippen LogP contribution in [0.2, 0.25) is 4.34 Å². The lowest BCUT2D eigenvalue weighted by molar-refractivity contribution is -0.127. The number of thiophene rings is 1. The van der Waals surface area contributed by atoms with Crippen LogP contribution in [0, 0.1) is 0 Å². The van der Waals surface area contributed by atoms with E-state index in [1.165, 1.54) is 4.88 Å². The molecule has 0 aliphatic carbocycles. The molecule has 5 nitrogen and oxygen atoms in total. The van der Waals surface area contributed by atoms with Crippen LogP contribution in [0.1, 0.15) is 16.9 Å². The number of carbonyl (C=O) groups is 1. The Bertz CT molecular complexity index is 859. The zero-order valence-corrected chi connectivity index (χ0v) is 17.2. The van der Waals surface area contributed by atoms with E-state index in [-0.39, 0.29) is 5.91 Å². The van der Waals surface area contributed by atoms with Crippen molar-refractivity contribution >= 4 is 34.9 Å². The fraction of sp³-hybridized carbons (Fsp3) is 0.381. The topological polar surface area (TPSA) is 42.0 Å². The summed E-state index contributed by atoms with van der Waals surface area (Å²) in [6.45, 7) is 5.45. The van der Waals surface area contributed by atoms with Crippen LogP contribution in [0.25, 0.3) is 6.08 Å². The first kappa shape index (κ1) is 19.3. The minimum Gasteiger partial charge on any atom is -0.490 e. The molecule has 1 fully saturated rings. The van der Waals surface area contributed by atoms with Gasteiger partial charge in [0.15, 0.2) is 11.5 Å². The summed E-state index contributed by atoms with van der Waals surface area (Å²) in [5.74, 6) is 1.56. The largest absolute Gasteiger partial charge is 0.490 e. The van der Waals surface area contributed by atoms with Crippen molar-refractivity contribution in [1.29, 1.82) is 0 Å². The first-order chi connectivity index (χ1) is 13.7. The number of carbonyl (C=O) groups excluding carboxylic acids is 1. The summed E-state index contributed by atoms with van der Waals surface area (Å²) in [5, 5.41) is 0. The van der Waals surface area contributed by atoms with Crippen LogP contribution in [-0.4, -0.2) is 55.1 Å². The summed E-state index contributed by atoms with van der Waals surface area (Å²) >= 11 is 7.62. The van der Waals surface area contributed by atoms with Gasteiger partial charge >= 0.3 is 0 Å². The van der Waals surface area contributed by atoms with E-state index in [2.05, 4.69) is 11.0 Å². The maximum Gasteiger partial charge on any atom is 0.246 e. The van der Waals surface area contributed by atoms with Crippen molar-refractivity contribution in [1.82, 2.24) is 9.80 Å². The third-order valence-electron chi connectivity index (χ3n) is 4.88. The molecule has 0 atom stereocenters. The number of piperazine rings is 1. The Kier molecular flexibility index (Phi) is 6.20. The van der Waals surface area contributed by atoms with Gasteiger partial charge in [-0.1, -0.05) is 17.7 Å². The number of fused-ring (bicyclic) bond motifs is 1. The van der Waals surface area contributed by atoms with Crippen LogP contribution in [0.3, 0.4) is 0 Å². The molecule has 2 aliphatic rings. The van der Waals surface area contributed by atoms with Crippen molar-refractivity contribution < 1.29 is 14.3 Å². The van der Waals surface area contributed by atoms with E-state index in [4.69, 9.17) is 21.1 Å². The predicted octanol–water partition coefficient (Wildman–Crippen LogP) is 3.92. The third-order valence-corrected chi connectivity index (χ3v) is 6.10. The number of hydrogen-bond acceptors (Lipinski definition) is 5. The second-order valence-electron chi connectivity index (χ2n) is 6.90. The highest BCUT2D eigenvalue weighted by Gasteiger charge is 2.20. The van der Waals surface area contributed by atoms with Crippen LogP contribution in [0.15, 0.2) is 36.4 Å². The Morgan fingerprint density at radius 2 is 1.86 bits per heavy atom. The zero-order valence-electron chi connectivity index (χ0n) is 15.6. The number of amides is 1. The summed E-state index contributed by atoms with van der Waals surface area (Å²) in [6, 6.07) is 9.78. The van der Waals surface area contributed by atoms with Gasteiger partial charge < -0.3 is 14.4 Å². The molecule has 1 saturated heterocycles. The maximum atomic E-state index is 12.5. The van der Waals surface area contributed by atoms with Crippen LogP contribution < -0.4 is 9.47 Å². The average Bonchev–Trinajstić information content (AvgIpc) is 2.98. The lowest BCUT2D eigenvalue weighted by Crippen LogP contribution is -2.47. The fourth-order valence-corrected chi connectivity index (χ4v) is 4.47. The molecule has 1 amide bonds. The highest BCUT2D eigenvalue weighted by Crippen LogP contribution is 2.30. The van der Waals surface area contributed by atoms with Crippen molar-refractivity contribution in [2.75, 3.05) is 39.4 Å². The quantitative estimate of drug-likeness (QED) is 0.706. The molecule has 148 valence electrons. The van der Waals surface area contributed by atoms with Gasteiger partial charge in [-0.25, -0.2) is 0 Å². The minimum atomic E-state index is 0.0472. The van der Waals surface area contributed by atoms with E-state index in [9.17, 15) is 4.79 Å². The highest BCUT2D eigenvalue weighted by atomic mass is 35.5. The fourth-order valence-electron chi connectivity index (χ4n) is 3.34. The minimum absolute atomic E-state index is 0.0472. The van der Waals surface area contributed by atoms with Crippen LogP contribution >= 0.6 is 22.9 Å². The van der Waals surface area contributed by atoms with Gasteiger partial charge in [0.05, 0.1) is 17.6 Å². The summed E-state index contributed by atoms with van der Waals surface area (Å²) < 4.78 is 12.2. The smallest absolute Gasteiger partial charge is 0.246 e.